The van der Waals surface area contributed by atoms with E-state index >= 15 is 0 Å². The molecule has 0 aromatic heterocycles. The lowest BCUT2D eigenvalue weighted by Crippen LogP contribution is -2.37. The summed E-state index contributed by atoms with van der Waals surface area (Å²) in [4.78, 5) is 16.3. The van der Waals surface area contributed by atoms with Crippen molar-refractivity contribution in [1.82, 2.24) is 5.48 Å². The maximum absolute atomic E-state index is 11.7. The molecular weight excluding hydrogens is 214 g/mol. The topological polar surface area (TPSA) is 38.3 Å². The van der Waals surface area contributed by atoms with Gasteiger partial charge in [0.2, 0.25) is 5.91 Å². The van der Waals surface area contributed by atoms with E-state index in [9.17, 15) is 4.79 Å². The van der Waals surface area contributed by atoms with E-state index in [1.54, 1.807) is 0 Å². The van der Waals surface area contributed by atoms with Gasteiger partial charge in [-0.15, -0.1) is 0 Å². The summed E-state index contributed by atoms with van der Waals surface area (Å²) in [6.07, 6.45) is 0.697. The van der Waals surface area contributed by atoms with Crippen LogP contribution in [-0.4, -0.2) is 13.0 Å². The van der Waals surface area contributed by atoms with Gasteiger partial charge in [-0.25, -0.2) is 5.48 Å². The third-order valence-electron chi connectivity index (χ3n) is 2.58. The Morgan fingerprint density at radius 2 is 1.82 bits per heavy atom. The molecule has 0 fully saturated rings. The number of benzene rings is 1. The molecule has 0 aliphatic carbocycles. The molecule has 17 heavy (non-hydrogen) atoms. The maximum atomic E-state index is 11.7. The SMILES string of the molecule is C.CONC(=O)C(C)(C)Cc1ccc(C)cc1. The van der Waals surface area contributed by atoms with Crippen molar-refractivity contribution in [2.45, 2.75) is 34.6 Å². The number of hydrogen-bond acceptors (Lipinski definition) is 2. The first-order valence-corrected chi connectivity index (χ1v) is 5.34. The summed E-state index contributed by atoms with van der Waals surface area (Å²) >= 11 is 0. The monoisotopic (exact) mass is 237 g/mol. The zero-order valence-electron chi connectivity index (χ0n) is 10.3. The van der Waals surface area contributed by atoms with Gasteiger partial charge in [-0.2, -0.15) is 0 Å². The predicted molar refractivity (Wildman–Crippen MR) is 70.5 cm³/mol. The van der Waals surface area contributed by atoms with Gasteiger partial charge in [-0.05, 0) is 18.9 Å². The third kappa shape index (κ3) is 4.57. The smallest absolute Gasteiger partial charge is 0.249 e. The largest absolute Gasteiger partial charge is 0.277 e. The molecule has 0 aliphatic rings. The summed E-state index contributed by atoms with van der Waals surface area (Å²) in [5.74, 6) is -0.101. The standard InChI is InChI=1S/C13H19NO2.CH4/c1-10-5-7-11(8-6-10)9-13(2,3)12(15)14-16-4;/h5-8H,9H2,1-4H3,(H,14,15);1H4. The molecule has 3 heteroatoms. The van der Waals surface area contributed by atoms with Gasteiger partial charge in [-0.3, -0.25) is 9.63 Å². The zero-order chi connectivity index (χ0) is 12.2. The normalized spacial score (nSPS) is 10.6. The number of rotatable bonds is 4. The fraction of sp³-hybridized carbons (Fsp3) is 0.500. The predicted octanol–water partition coefficient (Wildman–Crippen LogP) is 2.88. The second kappa shape index (κ2) is 6.40. The van der Waals surface area contributed by atoms with Gasteiger partial charge in [0, 0.05) is 5.41 Å². The van der Waals surface area contributed by atoms with Crippen molar-refractivity contribution in [1.29, 1.82) is 0 Å². The summed E-state index contributed by atoms with van der Waals surface area (Å²) in [6.45, 7) is 5.86. The molecule has 0 atom stereocenters. The van der Waals surface area contributed by atoms with Crippen LogP contribution in [-0.2, 0) is 16.1 Å². The van der Waals surface area contributed by atoms with Gasteiger partial charge in [0.15, 0.2) is 0 Å². The Morgan fingerprint density at radius 1 is 1.29 bits per heavy atom. The number of nitrogens with one attached hydrogen (secondary N) is 1. The molecule has 0 aliphatic heterocycles. The molecule has 1 amide bonds. The maximum Gasteiger partial charge on any atom is 0.249 e. The van der Waals surface area contributed by atoms with Crippen molar-refractivity contribution in [3.8, 4) is 0 Å². The molecule has 0 unspecified atom stereocenters. The third-order valence-corrected chi connectivity index (χ3v) is 2.58. The fourth-order valence-corrected chi connectivity index (χ4v) is 1.53. The van der Waals surface area contributed by atoms with Gasteiger partial charge in [0.05, 0.1) is 7.11 Å². The summed E-state index contributed by atoms with van der Waals surface area (Å²) in [7, 11) is 1.44. The highest BCUT2D eigenvalue weighted by atomic mass is 16.6. The minimum Gasteiger partial charge on any atom is -0.277 e. The Morgan fingerprint density at radius 3 is 2.29 bits per heavy atom. The molecule has 0 saturated carbocycles. The van der Waals surface area contributed by atoms with Crippen molar-refractivity contribution in [2.24, 2.45) is 5.41 Å². The van der Waals surface area contributed by atoms with Crippen LogP contribution in [0.25, 0.3) is 0 Å². The van der Waals surface area contributed by atoms with E-state index < -0.39 is 5.41 Å². The summed E-state index contributed by atoms with van der Waals surface area (Å²) in [5.41, 5.74) is 4.29. The van der Waals surface area contributed by atoms with Gasteiger partial charge in [0.1, 0.15) is 0 Å². The van der Waals surface area contributed by atoms with E-state index in [-0.39, 0.29) is 13.3 Å². The van der Waals surface area contributed by atoms with Crippen LogP contribution in [0.3, 0.4) is 0 Å². The van der Waals surface area contributed by atoms with Crippen LogP contribution >= 0.6 is 0 Å². The molecule has 0 bridgehead atoms. The zero-order valence-corrected chi connectivity index (χ0v) is 10.3. The van der Waals surface area contributed by atoms with E-state index in [2.05, 4.69) is 34.6 Å². The lowest BCUT2D eigenvalue weighted by atomic mass is 9.85. The minimum atomic E-state index is -0.467. The first-order valence-electron chi connectivity index (χ1n) is 5.34. The fourth-order valence-electron chi connectivity index (χ4n) is 1.53. The Kier molecular flexibility index (Phi) is 5.89. The Labute approximate surface area is 104 Å². The van der Waals surface area contributed by atoms with Crippen LogP contribution < -0.4 is 5.48 Å². The van der Waals surface area contributed by atoms with E-state index in [1.165, 1.54) is 12.7 Å². The van der Waals surface area contributed by atoms with E-state index in [0.717, 1.165) is 5.56 Å². The van der Waals surface area contributed by atoms with Crippen molar-refractivity contribution in [3.05, 3.63) is 35.4 Å². The van der Waals surface area contributed by atoms with Crippen molar-refractivity contribution < 1.29 is 9.63 Å². The van der Waals surface area contributed by atoms with Gasteiger partial charge >= 0.3 is 0 Å². The molecule has 0 radical (unpaired) electrons. The summed E-state index contributed by atoms with van der Waals surface area (Å²) in [6, 6.07) is 8.22. The number of carbonyl (C=O) groups is 1. The second-order valence-electron chi connectivity index (χ2n) is 4.68. The van der Waals surface area contributed by atoms with E-state index in [1.807, 2.05) is 20.8 Å². The Hall–Kier alpha value is -1.35. The number of aryl methyl sites for hydroxylation is 1. The van der Waals surface area contributed by atoms with Crippen molar-refractivity contribution in [3.63, 3.8) is 0 Å². The molecule has 1 rings (SSSR count). The molecule has 0 heterocycles. The lowest BCUT2D eigenvalue weighted by Gasteiger charge is -2.22. The molecule has 1 aromatic rings. The molecule has 3 nitrogen and oxygen atoms in total. The molecular formula is C14H23NO2. The van der Waals surface area contributed by atoms with Gasteiger partial charge in [-0.1, -0.05) is 51.1 Å². The number of hydrogen-bond donors (Lipinski definition) is 1. The Balaban J connectivity index is 0.00000256. The van der Waals surface area contributed by atoms with Crippen LogP contribution in [0.2, 0.25) is 0 Å². The minimum absolute atomic E-state index is 0. The molecule has 1 aromatic carbocycles. The molecule has 1 N–H and O–H groups in total. The molecule has 0 spiro atoms. The highest BCUT2D eigenvalue weighted by Gasteiger charge is 2.27. The Bertz CT molecular complexity index is 355. The van der Waals surface area contributed by atoms with Crippen LogP contribution in [0.15, 0.2) is 24.3 Å². The van der Waals surface area contributed by atoms with Crippen molar-refractivity contribution >= 4 is 5.91 Å². The summed E-state index contributed by atoms with van der Waals surface area (Å²) in [5, 5.41) is 0. The van der Waals surface area contributed by atoms with E-state index in [4.69, 9.17) is 0 Å². The number of amides is 1. The van der Waals surface area contributed by atoms with Gasteiger partial charge < -0.3 is 0 Å². The van der Waals surface area contributed by atoms with Crippen LogP contribution in [0.1, 0.15) is 32.4 Å². The molecule has 0 saturated heterocycles. The van der Waals surface area contributed by atoms with Gasteiger partial charge in [0.25, 0.3) is 0 Å². The highest BCUT2D eigenvalue weighted by Crippen LogP contribution is 2.22. The average molecular weight is 237 g/mol. The first-order chi connectivity index (χ1) is 7.45. The quantitative estimate of drug-likeness (QED) is 0.818. The lowest BCUT2D eigenvalue weighted by molar-refractivity contribution is -0.140. The van der Waals surface area contributed by atoms with Crippen LogP contribution in [0.4, 0.5) is 0 Å². The average Bonchev–Trinajstić information content (AvgIpc) is 2.21. The second-order valence-corrected chi connectivity index (χ2v) is 4.68. The van der Waals surface area contributed by atoms with Crippen LogP contribution in [0.5, 0.6) is 0 Å². The van der Waals surface area contributed by atoms with Crippen molar-refractivity contribution in [2.75, 3.05) is 7.11 Å². The first kappa shape index (κ1) is 15.7. The highest BCUT2D eigenvalue weighted by molar-refractivity contribution is 5.81. The summed E-state index contributed by atoms with van der Waals surface area (Å²) < 4.78 is 0. The number of carbonyl (C=O) groups excluding carboxylic acids is 1. The number of hydroxylamine groups is 1. The van der Waals surface area contributed by atoms with E-state index in [0.29, 0.717) is 6.42 Å². The molecule has 96 valence electrons. The van der Waals surface area contributed by atoms with Crippen LogP contribution in [0, 0.1) is 12.3 Å².